The molecule has 0 heterocycles. The molecule has 4 nitrogen and oxygen atoms in total. The zero-order valence-corrected chi connectivity index (χ0v) is 14.1. The van der Waals surface area contributed by atoms with Crippen molar-refractivity contribution >= 4 is 18.3 Å². The molecule has 1 aromatic carbocycles. The predicted octanol–water partition coefficient (Wildman–Crippen LogP) is 3.34. The monoisotopic (exact) mass is 354 g/mol. The molecule has 1 rings (SSSR count). The molecule has 0 radical (unpaired) electrons. The molecule has 0 bridgehead atoms. The highest BCUT2D eigenvalue weighted by Crippen LogP contribution is 2.27. The molecule has 1 aromatic rings. The molecule has 23 heavy (non-hydrogen) atoms. The molecule has 0 saturated carbocycles. The summed E-state index contributed by atoms with van der Waals surface area (Å²) in [6, 6.07) is 5.07. The standard InChI is InChI=1S/C15H21F3N2O2.ClH/c1-10(2)8-12(19)14(21)20(3)9-11-6-4-5-7-13(11)22-15(16,17)18;/h4-7,10,12H,8-9,19H2,1-3H3;1H/t12-;/m0./s1. The largest absolute Gasteiger partial charge is 0.573 e. The first-order valence-electron chi connectivity index (χ1n) is 6.94. The SMILES string of the molecule is CC(C)C[C@H](N)C(=O)N(C)Cc1ccccc1OC(F)(F)F.Cl. The van der Waals surface area contributed by atoms with E-state index in [1.165, 1.54) is 30.1 Å². The zero-order valence-electron chi connectivity index (χ0n) is 13.3. The molecule has 0 aliphatic carbocycles. The van der Waals surface area contributed by atoms with Crippen LogP contribution in [0.1, 0.15) is 25.8 Å². The molecule has 0 spiro atoms. The van der Waals surface area contributed by atoms with Crippen LogP contribution >= 0.6 is 12.4 Å². The molecule has 0 unspecified atom stereocenters. The van der Waals surface area contributed by atoms with Crippen LogP contribution < -0.4 is 10.5 Å². The number of para-hydroxylation sites is 1. The van der Waals surface area contributed by atoms with Gasteiger partial charge in [0.15, 0.2) is 0 Å². The Balaban J connectivity index is 0.00000484. The van der Waals surface area contributed by atoms with Gasteiger partial charge in [-0.1, -0.05) is 32.0 Å². The van der Waals surface area contributed by atoms with Gasteiger partial charge >= 0.3 is 6.36 Å². The smallest absolute Gasteiger partial charge is 0.405 e. The van der Waals surface area contributed by atoms with Crippen LogP contribution in [0.5, 0.6) is 5.75 Å². The molecular weight excluding hydrogens is 333 g/mol. The highest BCUT2D eigenvalue weighted by Gasteiger charge is 2.32. The minimum atomic E-state index is -4.77. The number of hydrogen-bond acceptors (Lipinski definition) is 3. The van der Waals surface area contributed by atoms with E-state index in [0.717, 1.165) is 0 Å². The number of rotatable bonds is 6. The van der Waals surface area contributed by atoms with Gasteiger partial charge in [0.05, 0.1) is 6.04 Å². The Morgan fingerprint density at radius 3 is 2.39 bits per heavy atom. The number of ether oxygens (including phenoxy) is 1. The summed E-state index contributed by atoms with van der Waals surface area (Å²) in [6.07, 6.45) is -4.25. The Hall–Kier alpha value is -1.47. The lowest BCUT2D eigenvalue weighted by Crippen LogP contribution is -2.42. The molecule has 0 aliphatic heterocycles. The van der Waals surface area contributed by atoms with E-state index in [-0.39, 0.29) is 42.1 Å². The summed E-state index contributed by atoms with van der Waals surface area (Å²) in [4.78, 5) is 13.4. The van der Waals surface area contributed by atoms with Crippen LogP contribution in [0.15, 0.2) is 24.3 Å². The minimum Gasteiger partial charge on any atom is -0.405 e. The molecule has 132 valence electrons. The second kappa shape index (κ2) is 8.98. The van der Waals surface area contributed by atoms with Gasteiger partial charge in [0, 0.05) is 19.2 Å². The fourth-order valence-corrected chi connectivity index (χ4v) is 2.08. The third kappa shape index (κ3) is 7.56. The minimum absolute atomic E-state index is 0. The maximum atomic E-state index is 12.4. The molecule has 0 fully saturated rings. The molecule has 8 heteroatoms. The van der Waals surface area contributed by atoms with E-state index in [1.807, 2.05) is 13.8 Å². The maximum Gasteiger partial charge on any atom is 0.573 e. The van der Waals surface area contributed by atoms with Gasteiger partial charge in [0.1, 0.15) is 5.75 Å². The van der Waals surface area contributed by atoms with Crippen LogP contribution in [0.25, 0.3) is 0 Å². The number of amides is 1. The fraction of sp³-hybridized carbons (Fsp3) is 0.533. The van der Waals surface area contributed by atoms with Gasteiger partial charge in [-0.05, 0) is 18.4 Å². The van der Waals surface area contributed by atoms with Crippen molar-refractivity contribution in [2.24, 2.45) is 11.7 Å². The van der Waals surface area contributed by atoms with Crippen LogP contribution in [-0.2, 0) is 11.3 Å². The number of hydrogen-bond donors (Lipinski definition) is 1. The number of halogens is 4. The first-order valence-corrected chi connectivity index (χ1v) is 6.94. The van der Waals surface area contributed by atoms with Crippen molar-refractivity contribution in [2.45, 2.75) is 39.2 Å². The average Bonchev–Trinajstić information content (AvgIpc) is 2.37. The van der Waals surface area contributed by atoms with E-state index in [0.29, 0.717) is 6.42 Å². The topological polar surface area (TPSA) is 55.6 Å². The van der Waals surface area contributed by atoms with Crippen LogP contribution in [-0.4, -0.2) is 30.3 Å². The van der Waals surface area contributed by atoms with Crippen molar-refractivity contribution in [3.8, 4) is 5.75 Å². The molecule has 0 saturated heterocycles. The van der Waals surface area contributed by atoms with E-state index in [9.17, 15) is 18.0 Å². The highest BCUT2D eigenvalue weighted by molar-refractivity contribution is 5.85. The molecule has 0 aromatic heterocycles. The molecular formula is C15H22ClF3N2O2. The van der Waals surface area contributed by atoms with Crippen LogP contribution in [0.3, 0.4) is 0 Å². The summed E-state index contributed by atoms with van der Waals surface area (Å²) in [7, 11) is 1.51. The highest BCUT2D eigenvalue weighted by atomic mass is 35.5. The Morgan fingerprint density at radius 1 is 1.30 bits per heavy atom. The van der Waals surface area contributed by atoms with Crippen molar-refractivity contribution in [1.82, 2.24) is 4.90 Å². The number of alkyl halides is 3. The lowest BCUT2D eigenvalue weighted by atomic mass is 10.0. The van der Waals surface area contributed by atoms with Crippen molar-refractivity contribution < 1.29 is 22.7 Å². The first kappa shape index (κ1) is 21.5. The van der Waals surface area contributed by atoms with Gasteiger partial charge in [-0.15, -0.1) is 25.6 Å². The van der Waals surface area contributed by atoms with Crippen molar-refractivity contribution in [2.75, 3.05) is 7.05 Å². The van der Waals surface area contributed by atoms with E-state index in [1.54, 1.807) is 6.07 Å². The summed E-state index contributed by atoms with van der Waals surface area (Å²) in [5, 5.41) is 0. The van der Waals surface area contributed by atoms with Gasteiger partial charge in [0.25, 0.3) is 0 Å². The molecule has 0 aliphatic rings. The van der Waals surface area contributed by atoms with E-state index >= 15 is 0 Å². The van der Waals surface area contributed by atoms with Crippen LogP contribution in [0, 0.1) is 5.92 Å². The Morgan fingerprint density at radius 2 is 1.87 bits per heavy atom. The van der Waals surface area contributed by atoms with Gasteiger partial charge in [-0.2, -0.15) is 0 Å². The number of likely N-dealkylation sites (N-methyl/N-ethyl adjacent to an activating group) is 1. The average molecular weight is 355 g/mol. The van der Waals surface area contributed by atoms with E-state index < -0.39 is 12.4 Å². The normalized spacial score (nSPS) is 12.5. The van der Waals surface area contributed by atoms with Crippen molar-refractivity contribution in [3.63, 3.8) is 0 Å². The Labute approximate surface area is 140 Å². The maximum absolute atomic E-state index is 12.4. The second-order valence-electron chi connectivity index (χ2n) is 5.59. The number of nitrogens with two attached hydrogens (primary N) is 1. The van der Waals surface area contributed by atoms with E-state index in [2.05, 4.69) is 4.74 Å². The lowest BCUT2D eigenvalue weighted by molar-refractivity contribution is -0.275. The second-order valence-corrected chi connectivity index (χ2v) is 5.59. The number of nitrogens with zero attached hydrogens (tertiary/aromatic N) is 1. The number of carbonyl (C=O) groups is 1. The molecule has 1 atom stereocenters. The molecule has 1 amide bonds. The summed E-state index contributed by atoms with van der Waals surface area (Å²) >= 11 is 0. The third-order valence-electron chi connectivity index (χ3n) is 3.02. The summed E-state index contributed by atoms with van der Waals surface area (Å²) in [5.74, 6) is -0.365. The quantitative estimate of drug-likeness (QED) is 0.852. The van der Waals surface area contributed by atoms with Crippen LogP contribution in [0.4, 0.5) is 13.2 Å². The van der Waals surface area contributed by atoms with Gasteiger partial charge in [0.2, 0.25) is 5.91 Å². The Kier molecular flexibility index (Phi) is 8.41. The van der Waals surface area contributed by atoms with Crippen molar-refractivity contribution in [1.29, 1.82) is 0 Å². The van der Waals surface area contributed by atoms with Crippen LogP contribution in [0.2, 0.25) is 0 Å². The van der Waals surface area contributed by atoms with Crippen molar-refractivity contribution in [3.05, 3.63) is 29.8 Å². The summed E-state index contributed by atoms with van der Waals surface area (Å²) in [6.45, 7) is 3.89. The zero-order chi connectivity index (χ0) is 16.9. The number of benzene rings is 1. The number of carbonyl (C=O) groups excluding carboxylic acids is 1. The lowest BCUT2D eigenvalue weighted by Gasteiger charge is -2.23. The Bertz CT molecular complexity index is 510. The summed E-state index contributed by atoms with van der Waals surface area (Å²) in [5.41, 5.74) is 6.08. The third-order valence-corrected chi connectivity index (χ3v) is 3.02. The molecule has 2 N–H and O–H groups in total. The summed E-state index contributed by atoms with van der Waals surface area (Å²) < 4.78 is 41.1. The predicted molar refractivity (Wildman–Crippen MR) is 84.3 cm³/mol. The van der Waals surface area contributed by atoms with Gasteiger partial charge < -0.3 is 15.4 Å². The first-order chi connectivity index (χ1) is 10.1. The fourth-order valence-electron chi connectivity index (χ4n) is 2.08. The van der Waals surface area contributed by atoms with Gasteiger partial charge in [-0.3, -0.25) is 4.79 Å². The van der Waals surface area contributed by atoms with E-state index in [4.69, 9.17) is 5.73 Å². The van der Waals surface area contributed by atoms with Gasteiger partial charge in [-0.25, -0.2) is 0 Å².